The molecule has 1 aliphatic rings. The molecule has 0 aliphatic carbocycles. The van der Waals surface area contributed by atoms with Crippen LogP contribution >= 0.6 is 11.3 Å². The van der Waals surface area contributed by atoms with E-state index in [2.05, 4.69) is 23.6 Å². The van der Waals surface area contributed by atoms with E-state index in [-0.39, 0.29) is 11.7 Å². The topological polar surface area (TPSA) is 74.8 Å². The fourth-order valence-electron chi connectivity index (χ4n) is 4.95. The normalized spacial score (nSPS) is 15.7. The SMILES string of the molecule is CCOc1ccc([C@H]2C(C(=O)OC(C)C)=C(C)N=c3s/c(=C/c4c(C)n(C)c5ccccc45)c(=O)n32)cc1. The Hall–Kier alpha value is -3.91. The Balaban J connectivity index is 1.73. The van der Waals surface area contributed by atoms with Crippen LogP contribution in [0.1, 0.15) is 50.6 Å². The van der Waals surface area contributed by atoms with Crippen molar-refractivity contribution in [3.8, 4) is 5.75 Å². The summed E-state index contributed by atoms with van der Waals surface area (Å²) in [6.45, 7) is 9.94. The summed E-state index contributed by atoms with van der Waals surface area (Å²) in [6, 6.07) is 15.0. The summed E-state index contributed by atoms with van der Waals surface area (Å²) in [5.41, 5.74) is 4.67. The number of aryl methyl sites for hydroxylation is 1. The molecule has 8 heteroatoms. The number of allylic oxidation sites excluding steroid dienone is 1. The highest BCUT2D eigenvalue weighted by Gasteiger charge is 2.34. The van der Waals surface area contributed by atoms with E-state index in [0.717, 1.165) is 33.5 Å². The highest BCUT2D eigenvalue weighted by Crippen LogP contribution is 2.32. The minimum atomic E-state index is -0.663. The summed E-state index contributed by atoms with van der Waals surface area (Å²) in [4.78, 5) is 32.6. The van der Waals surface area contributed by atoms with Crippen molar-refractivity contribution < 1.29 is 14.3 Å². The predicted octanol–water partition coefficient (Wildman–Crippen LogP) is 4.39. The maximum Gasteiger partial charge on any atom is 0.338 e. The molecule has 0 fully saturated rings. The first kappa shape index (κ1) is 25.7. The van der Waals surface area contributed by atoms with Crippen molar-refractivity contribution in [2.75, 3.05) is 6.61 Å². The molecule has 1 aliphatic heterocycles. The minimum Gasteiger partial charge on any atom is -0.494 e. The molecule has 0 bridgehead atoms. The molecule has 196 valence electrons. The summed E-state index contributed by atoms with van der Waals surface area (Å²) in [5, 5.41) is 1.08. The Morgan fingerprint density at radius 3 is 2.53 bits per heavy atom. The second kappa shape index (κ2) is 10.1. The molecule has 0 amide bonds. The second-order valence-corrected chi connectivity index (χ2v) is 10.6. The van der Waals surface area contributed by atoms with Crippen LogP contribution in [0.25, 0.3) is 17.0 Å². The number of hydrogen-bond acceptors (Lipinski definition) is 6. The van der Waals surface area contributed by atoms with Crippen molar-refractivity contribution in [2.45, 2.75) is 46.8 Å². The van der Waals surface area contributed by atoms with Gasteiger partial charge in [-0.3, -0.25) is 9.36 Å². The van der Waals surface area contributed by atoms with E-state index in [9.17, 15) is 9.59 Å². The van der Waals surface area contributed by atoms with Gasteiger partial charge in [-0.05, 0) is 64.5 Å². The van der Waals surface area contributed by atoms with E-state index in [4.69, 9.17) is 14.5 Å². The van der Waals surface area contributed by atoms with Gasteiger partial charge in [0.2, 0.25) is 0 Å². The van der Waals surface area contributed by atoms with Crippen LogP contribution < -0.4 is 19.6 Å². The lowest BCUT2D eigenvalue weighted by Crippen LogP contribution is -2.40. The van der Waals surface area contributed by atoms with Crippen LogP contribution in [0.5, 0.6) is 5.75 Å². The van der Waals surface area contributed by atoms with Gasteiger partial charge in [-0.2, -0.15) is 0 Å². The molecule has 38 heavy (non-hydrogen) atoms. The van der Waals surface area contributed by atoms with Crippen molar-refractivity contribution in [3.05, 3.63) is 96.3 Å². The fraction of sp³-hybridized carbons (Fsp3) is 0.300. The molecule has 3 heterocycles. The lowest BCUT2D eigenvalue weighted by atomic mass is 9.96. The van der Waals surface area contributed by atoms with Gasteiger partial charge in [0.1, 0.15) is 5.75 Å². The molecular weight excluding hydrogens is 498 g/mol. The van der Waals surface area contributed by atoms with Crippen molar-refractivity contribution >= 4 is 34.3 Å². The Morgan fingerprint density at radius 2 is 1.84 bits per heavy atom. The number of esters is 1. The Kier molecular flexibility index (Phi) is 6.84. The summed E-state index contributed by atoms with van der Waals surface area (Å²) >= 11 is 1.33. The van der Waals surface area contributed by atoms with E-state index in [1.807, 2.05) is 56.4 Å². The number of hydrogen-bond donors (Lipinski definition) is 0. The van der Waals surface area contributed by atoms with E-state index in [0.29, 0.717) is 27.2 Å². The van der Waals surface area contributed by atoms with E-state index in [1.165, 1.54) is 11.3 Å². The summed E-state index contributed by atoms with van der Waals surface area (Å²) < 4.78 is 15.5. The first-order valence-electron chi connectivity index (χ1n) is 12.7. The van der Waals surface area contributed by atoms with E-state index >= 15 is 0 Å². The van der Waals surface area contributed by atoms with Gasteiger partial charge < -0.3 is 14.0 Å². The average Bonchev–Trinajstić information content (AvgIpc) is 3.32. The third kappa shape index (κ3) is 4.39. The van der Waals surface area contributed by atoms with Crippen LogP contribution in [0.3, 0.4) is 0 Å². The molecule has 0 saturated carbocycles. The standard InChI is InChI=1S/C30H31N3O4S/c1-7-36-21-14-12-20(13-15-21)27-26(29(35)37-17(2)3)18(4)31-30-33(27)28(34)25(38-30)16-23-19(5)32(6)24-11-9-8-10-22(23)24/h8-17,27H,7H2,1-6H3/b25-16+/t27-/m0/s1. The van der Waals surface area contributed by atoms with Gasteiger partial charge >= 0.3 is 5.97 Å². The smallest absolute Gasteiger partial charge is 0.338 e. The molecule has 2 aromatic carbocycles. The van der Waals surface area contributed by atoms with Crippen LogP contribution in [-0.2, 0) is 16.6 Å². The molecule has 1 atom stereocenters. The molecule has 0 unspecified atom stereocenters. The summed E-state index contributed by atoms with van der Waals surface area (Å²) in [6.07, 6.45) is 1.64. The summed E-state index contributed by atoms with van der Waals surface area (Å²) in [7, 11) is 2.03. The third-order valence-electron chi connectivity index (χ3n) is 6.82. The van der Waals surface area contributed by atoms with Gasteiger partial charge in [-0.15, -0.1) is 0 Å². The number of carbonyl (C=O) groups is 1. The number of thiazole rings is 1. The molecule has 4 aromatic rings. The maximum absolute atomic E-state index is 14.0. The average molecular weight is 530 g/mol. The number of rotatable bonds is 6. The first-order chi connectivity index (χ1) is 18.2. The van der Waals surface area contributed by atoms with Gasteiger partial charge in [-0.1, -0.05) is 41.7 Å². The Labute approximate surface area is 225 Å². The quantitative estimate of drug-likeness (QED) is 0.348. The highest BCUT2D eigenvalue weighted by molar-refractivity contribution is 7.07. The molecule has 0 radical (unpaired) electrons. The molecular formula is C30H31N3O4S. The van der Waals surface area contributed by atoms with Crippen LogP contribution in [-0.4, -0.2) is 27.8 Å². The van der Waals surface area contributed by atoms with Crippen molar-refractivity contribution in [1.82, 2.24) is 9.13 Å². The van der Waals surface area contributed by atoms with Gasteiger partial charge in [0, 0.05) is 29.2 Å². The van der Waals surface area contributed by atoms with Crippen LogP contribution in [0, 0.1) is 6.92 Å². The van der Waals surface area contributed by atoms with Gasteiger partial charge in [0.15, 0.2) is 4.80 Å². The Bertz CT molecular complexity index is 1750. The number of aromatic nitrogens is 2. The fourth-order valence-corrected chi connectivity index (χ4v) is 5.98. The summed E-state index contributed by atoms with van der Waals surface area (Å²) in [5.74, 6) is 0.251. The third-order valence-corrected chi connectivity index (χ3v) is 7.80. The number of nitrogens with zero attached hydrogens (tertiary/aromatic N) is 3. The molecule has 2 aromatic heterocycles. The monoisotopic (exact) mass is 529 g/mol. The van der Waals surface area contributed by atoms with Crippen molar-refractivity contribution in [1.29, 1.82) is 0 Å². The second-order valence-electron chi connectivity index (χ2n) is 9.61. The van der Waals surface area contributed by atoms with E-state index in [1.54, 1.807) is 25.3 Å². The first-order valence-corrected chi connectivity index (χ1v) is 13.5. The predicted molar refractivity (Wildman–Crippen MR) is 150 cm³/mol. The number of carbonyl (C=O) groups excluding carboxylic acids is 1. The van der Waals surface area contributed by atoms with Crippen LogP contribution in [0.2, 0.25) is 0 Å². The van der Waals surface area contributed by atoms with Crippen molar-refractivity contribution in [2.24, 2.45) is 12.0 Å². The number of ether oxygens (including phenoxy) is 2. The van der Waals surface area contributed by atoms with Crippen molar-refractivity contribution in [3.63, 3.8) is 0 Å². The highest BCUT2D eigenvalue weighted by atomic mass is 32.1. The largest absolute Gasteiger partial charge is 0.494 e. The number of para-hydroxylation sites is 1. The number of fused-ring (bicyclic) bond motifs is 2. The molecule has 7 nitrogen and oxygen atoms in total. The zero-order valence-electron chi connectivity index (χ0n) is 22.4. The molecule has 0 N–H and O–H groups in total. The molecule has 5 rings (SSSR count). The minimum absolute atomic E-state index is 0.192. The van der Waals surface area contributed by atoms with Gasteiger partial charge in [0.05, 0.1) is 34.6 Å². The van der Waals surface area contributed by atoms with Gasteiger partial charge in [-0.25, -0.2) is 9.79 Å². The zero-order chi connectivity index (χ0) is 27.1. The van der Waals surface area contributed by atoms with E-state index < -0.39 is 12.0 Å². The van der Waals surface area contributed by atoms with Crippen LogP contribution in [0.4, 0.5) is 0 Å². The lowest BCUT2D eigenvalue weighted by Gasteiger charge is -2.25. The Morgan fingerprint density at radius 1 is 1.13 bits per heavy atom. The maximum atomic E-state index is 14.0. The number of benzene rings is 2. The molecule has 0 saturated heterocycles. The lowest BCUT2D eigenvalue weighted by molar-refractivity contribution is -0.143. The van der Waals surface area contributed by atoms with Gasteiger partial charge in [0.25, 0.3) is 5.56 Å². The molecule has 0 spiro atoms. The zero-order valence-corrected chi connectivity index (χ0v) is 23.3. The van der Waals surface area contributed by atoms with Crippen LogP contribution in [0.15, 0.2) is 69.6 Å².